The van der Waals surface area contributed by atoms with E-state index in [1.54, 1.807) is 0 Å². The quantitative estimate of drug-likeness (QED) is 0.873. The first kappa shape index (κ1) is 16.3. The molecule has 2 aliphatic carbocycles. The van der Waals surface area contributed by atoms with E-state index in [0.29, 0.717) is 5.13 Å². The van der Waals surface area contributed by atoms with Crippen LogP contribution < -0.4 is 5.32 Å². The van der Waals surface area contributed by atoms with Crippen molar-refractivity contribution in [1.82, 2.24) is 4.98 Å². The number of carbonyl (C=O) groups excluding carboxylic acids is 1. The Hall–Kier alpha value is -2.21. The minimum absolute atomic E-state index is 0.151. The van der Waals surface area contributed by atoms with E-state index in [-0.39, 0.29) is 17.7 Å². The summed E-state index contributed by atoms with van der Waals surface area (Å²) in [5, 5.41) is 14.8. The summed E-state index contributed by atoms with van der Waals surface area (Å²) in [6.45, 7) is 2.03. The van der Waals surface area contributed by atoms with Gasteiger partial charge in [-0.15, -0.1) is 11.3 Å². The number of carboxylic acid groups (broad SMARTS) is 1. The highest BCUT2D eigenvalue weighted by Crippen LogP contribution is 2.52. The van der Waals surface area contributed by atoms with Crippen molar-refractivity contribution in [3.63, 3.8) is 0 Å². The molecule has 1 amide bonds. The van der Waals surface area contributed by atoms with Gasteiger partial charge in [-0.25, -0.2) is 4.98 Å². The van der Waals surface area contributed by atoms with Crippen molar-refractivity contribution < 1.29 is 14.7 Å². The molecule has 4 atom stereocenters. The van der Waals surface area contributed by atoms with Crippen LogP contribution in [0.5, 0.6) is 0 Å². The zero-order chi connectivity index (χ0) is 17.6. The van der Waals surface area contributed by atoms with Gasteiger partial charge in [-0.05, 0) is 38.0 Å². The Kier molecular flexibility index (Phi) is 4.07. The van der Waals surface area contributed by atoms with Crippen LogP contribution in [0.1, 0.15) is 24.8 Å². The number of carboxylic acids is 1. The Morgan fingerprint density at radius 1 is 1.16 bits per heavy atom. The van der Waals surface area contributed by atoms with Crippen molar-refractivity contribution in [2.24, 2.45) is 23.7 Å². The average Bonchev–Trinajstić information content (AvgIpc) is 3.30. The highest BCUT2D eigenvalue weighted by Gasteiger charge is 2.54. The summed E-state index contributed by atoms with van der Waals surface area (Å²) in [4.78, 5) is 28.8. The van der Waals surface area contributed by atoms with Crippen LogP contribution in [0.25, 0.3) is 11.3 Å². The number of aryl methyl sites for hydroxylation is 1. The van der Waals surface area contributed by atoms with Gasteiger partial charge in [-0.1, -0.05) is 29.8 Å². The Bertz CT molecular complexity index is 814. The van der Waals surface area contributed by atoms with Crippen LogP contribution in [0.2, 0.25) is 0 Å². The number of aromatic nitrogens is 1. The van der Waals surface area contributed by atoms with E-state index in [1.165, 1.54) is 16.9 Å². The van der Waals surface area contributed by atoms with Gasteiger partial charge in [0.25, 0.3) is 0 Å². The molecule has 6 heteroatoms. The van der Waals surface area contributed by atoms with Crippen LogP contribution in [0.4, 0.5) is 5.13 Å². The number of aliphatic carboxylic acids is 1. The molecule has 0 aliphatic heterocycles. The maximum Gasteiger partial charge on any atom is 0.307 e. The standard InChI is InChI=1S/C19H20N2O3S/c1-10-2-4-11(5-3-10)14-9-25-19(20-14)21-17(22)15-12-6-7-13(8-12)16(15)18(23)24/h2-5,9,12-13,15-16H,6-8H2,1H3,(H,23,24)(H,20,21,22)/t12-,13-,15-,16-/m0/s1. The Labute approximate surface area is 150 Å². The van der Waals surface area contributed by atoms with E-state index in [0.717, 1.165) is 30.5 Å². The highest BCUT2D eigenvalue weighted by atomic mass is 32.1. The molecule has 5 nitrogen and oxygen atoms in total. The summed E-state index contributed by atoms with van der Waals surface area (Å²) in [5.74, 6) is -1.66. The van der Waals surface area contributed by atoms with Crippen molar-refractivity contribution in [3.05, 3.63) is 35.2 Å². The predicted molar refractivity (Wildman–Crippen MR) is 96.4 cm³/mol. The monoisotopic (exact) mass is 356 g/mol. The first-order chi connectivity index (χ1) is 12.0. The second-order valence-corrected chi connectivity index (χ2v) is 7.97. The molecular weight excluding hydrogens is 336 g/mol. The number of hydrogen-bond donors (Lipinski definition) is 2. The number of thiazole rings is 1. The Balaban J connectivity index is 1.50. The lowest BCUT2D eigenvalue weighted by molar-refractivity contribution is -0.148. The van der Waals surface area contributed by atoms with Crippen LogP contribution in [0, 0.1) is 30.6 Å². The van der Waals surface area contributed by atoms with Crippen molar-refractivity contribution in [2.75, 3.05) is 5.32 Å². The Morgan fingerprint density at radius 2 is 1.84 bits per heavy atom. The van der Waals surface area contributed by atoms with Gasteiger partial charge in [0.15, 0.2) is 5.13 Å². The molecule has 0 spiro atoms. The fourth-order valence-corrected chi connectivity index (χ4v) is 5.12. The number of hydrogen-bond acceptors (Lipinski definition) is 4. The molecule has 2 saturated carbocycles. The lowest BCUT2D eigenvalue weighted by Crippen LogP contribution is -2.37. The van der Waals surface area contributed by atoms with E-state index in [1.807, 2.05) is 36.6 Å². The molecule has 2 aromatic rings. The summed E-state index contributed by atoms with van der Waals surface area (Å²) < 4.78 is 0. The third kappa shape index (κ3) is 2.95. The number of anilines is 1. The minimum atomic E-state index is -0.841. The van der Waals surface area contributed by atoms with E-state index in [9.17, 15) is 14.7 Å². The fraction of sp³-hybridized carbons (Fsp3) is 0.421. The zero-order valence-corrected chi connectivity index (χ0v) is 14.8. The van der Waals surface area contributed by atoms with Crippen LogP contribution >= 0.6 is 11.3 Å². The first-order valence-corrected chi connectivity index (χ1v) is 9.47. The number of fused-ring (bicyclic) bond motifs is 2. The van der Waals surface area contributed by atoms with Crippen LogP contribution in [0.3, 0.4) is 0 Å². The van der Waals surface area contributed by atoms with Gasteiger partial charge >= 0.3 is 5.97 Å². The predicted octanol–water partition coefficient (Wildman–Crippen LogP) is 3.80. The molecular formula is C19H20N2O3S. The maximum absolute atomic E-state index is 12.7. The van der Waals surface area contributed by atoms with Gasteiger partial charge in [0.2, 0.25) is 5.91 Å². The van der Waals surface area contributed by atoms with Crippen LogP contribution in [-0.4, -0.2) is 22.0 Å². The fourth-order valence-electron chi connectivity index (χ4n) is 4.40. The van der Waals surface area contributed by atoms with Crippen molar-refractivity contribution in [3.8, 4) is 11.3 Å². The highest BCUT2D eigenvalue weighted by molar-refractivity contribution is 7.14. The molecule has 2 bridgehead atoms. The van der Waals surface area contributed by atoms with Gasteiger partial charge < -0.3 is 10.4 Å². The SMILES string of the molecule is Cc1ccc(-c2csc(NC(=O)[C@H]3[C@H]4CC[C@@H](C4)[C@@H]3C(=O)O)n2)cc1. The molecule has 2 N–H and O–H groups in total. The molecule has 0 saturated heterocycles. The van der Waals surface area contributed by atoms with E-state index >= 15 is 0 Å². The van der Waals surface area contributed by atoms with E-state index in [4.69, 9.17) is 0 Å². The Morgan fingerprint density at radius 3 is 2.52 bits per heavy atom. The van der Waals surface area contributed by atoms with Crippen molar-refractivity contribution >= 4 is 28.3 Å². The molecule has 0 unspecified atom stereocenters. The molecule has 1 heterocycles. The molecule has 25 heavy (non-hydrogen) atoms. The minimum Gasteiger partial charge on any atom is -0.481 e. The van der Waals surface area contributed by atoms with Crippen molar-refractivity contribution in [1.29, 1.82) is 0 Å². The van der Waals surface area contributed by atoms with Gasteiger partial charge in [0.05, 0.1) is 17.5 Å². The third-order valence-electron chi connectivity index (χ3n) is 5.59. The van der Waals surface area contributed by atoms with E-state index < -0.39 is 17.8 Å². The van der Waals surface area contributed by atoms with E-state index in [2.05, 4.69) is 10.3 Å². The van der Waals surface area contributed by atoms with Gasteiger partial charge in [0, 0.05) is 10.9 Å². The molecule has 2 aliphatic rings. The molecule has 130 valence electrons. The maximum atomic E-state index is 12.7. The summed E-state index contributed by atoms with van der Waals surface area (Å²) in [5.41, 5.74) is 3.01. The number of nitrogens with zero attached hydrogens (tertiary/aromatic N) is 1. The van der Waals surface area contributed by atoms with Crippen LogP contribution in [0.15, 0.2) is 29.6 Å². The van der Waals surface area contributed by atoms with Crippen molar-refractivity contribution in [2.45, 2.75) is 26.2 Å². The molecule has 1 aromatic heterocycles. The number of amides is 1. The normalized spacial score (nSPS) is 27.4. The second-order valence-electron chi connectivity index (χ2n) is 7.12. The summed E-state index contributed by atoms with van der Waals surface area (Å²) in [6, 6.07) is 8.07. The van der Waals surface area contributed by atoms with Gasteiger partial charge in [0.1, 0.15) is 0 Å². The molecule has 0 radical (unpaired) electrons. The topological polar surface area (TPSA) is 79.3 Å². The number of nitrogens with one attached hydrogen (secondary N) is 1. The van der Waals surface area contributed by atoms with Crippen LogP contribution in [-0.2, 0) is 9.59 Å². The first-order valence-electron chi connectivity index (χ1n) is 8.59. The smallest absolute Gasteiger partial charge is 0.307 e. The van der Waals surface area contributed by atoms with Gasteiger partial charge in [-0.2, -0.15) is 0 Å². The number of carbonyl (C=O) groups is 2. The third-order valence-corrected chi connectivity index (χ3v) is 6.34. The summed E-state index contributed by atoms with van der Waals surface area (Å²) in [6.07, 6.45) is 2.75. The summed E-state index contributed by atoms with van der Waals surface area (Å²) >= 11 is 1.37. The lowest BCUT2D eigenvalue weighted by Gasteiger charge is -2.26. The largest absolute Gasteiger partial charge is 0.481 e. The summed E-state index contributed by atoms with van der Waals surface area (Å²) in [7, 11) is 0. The molecule has 2 fully saturated rings. The number of rotatable bonds is 4. The average molecular weight is 356 g/mol. The lowest BCUT2D eigenvalue weighted by atomic mass is 9.79. The number of benzene rings is 1. The molecule has 1 aromatic carbocycles. The molecule has 4 rings (SSSR count). The second kappa shape index (κ2) is 6.26. The zero-order valence-electron chi connectivity index (χ0n) is 13.9. The van der Waals surface area contributed by atoms with Gasteiger partial charge in [-0.3, -0.25) is 9.59 Å².